The molecule has 2 aromatic heterocycles. The minimum atomic E-state index is 1.24. The van der Waals surface area contributed by atoms with Gasteiger partial charge in [0, 0.05) is 40.3 Å². The van der Waals surface area contributed by atoms with Crippen molar-refractivity contribution in [2.45, 2.75) is 0 Å². The van der Waals surface area contributed by atoms with Gasteiger partial charge in [-0.15, -0.1) is 22.7 Å². The topological polar surface area (TPSA) is 0 Å². The van der Waals surface area contributed by atoms with Crippen molar-refractivity contribution >= 4 is 84.6 Å². The third-order valence-electron chi connectivity index (χ3n) is 9.47. The molecule has 0 unspecified atom stereocenters. The van der Waals surface area contributed by atoms with Gasteiger partial charge in [-0.1, -0.05) is 133 Å². The molecule has 0 fully saturated rings. The van der Waals surface area contributed by atoms with Crippen LogP contribution in [0.15, 0.2) is 158 Å². The molecule has 46 heavy (non-hydrogen) atoms. The Labute approximate surface area is 274 Å². The van der Waals surface area contributed by atoms with Crippen LogP contribution in [0.3, 0.4) is 0 Å². The first-order valence-corrected chi connectivity index (χ1v) is 17.3. The van der Waals surface area contributed by atoms with Gasteiger partial charge in [-0.3, -0.25) is 0 Å². The summed E-state index contributed by atoms with van der Waals surface area (Å²) in [6.07, 6.45) is 0. The summed E-state index contributed by atoms with van der Waals surface area (Å²) in [7, 11) is 0. The molecule has 0 aliphatic rings. The number of hydrogen-bond acceptors (Lipinski definition) is 2. The molecule has 2 heteroatoms. The molecule has 0 bridgehead atoms. The summed E-state index contributed by atoms with van der Waals surface area (Å²) in [5.74, 6) is 0. The molecule has 2 heterocycles. The van der Waals surface area contributed by atoms with Crippen LogP contribution >= 0.6 is 22.7 Å². The van der Waals surface area contributed by atoms with E-state index in [4.69, 9.17) is 0 Å². The molecule has 8 aromatic carbocycles. The Balaban J connectivity index is 1.18. The molecular weight excluding hydrogens is 593 g/mol. The summed E-state index contributed by atoms with van der Waals surface area (Å²) >= 11 is 3.81. The third kappa shape index (κ3) is 3.91. The molecule has 0 saturated carbocycles. The maximum atomic E-state index is 2.43. The highest BCUT2D eigenvalue weighted by Crippen LogP contribution is 2.46. The van der Waals surface area contributed by atoms with Gasteiger partial charge >= 0.3 is 0 Å². The van der Waals surface area contributed by atoms with Crippen LogP contribution in [-0.4, -0.2) is 0 Å². The molecule has 0 aliphatic carbocycles. The van der Waals surface area contributed by atoms with Crippen molar-refractivity contribution in [2.24, 2.45) is 0 Å². The van der Waals surface area contributed by atoms with E-state index in [9.17, 15) is 0 Å². The lowest BCUT2D eigenvalue weighted by Gasteiger charge is -2.18. The van der Waals surface area contributed by atoms with Crippen molar-refractivity contribution in [3.05, 3.63) is 158 Å². The fourth-order valence-electron chi connectivity index (χ4n) is 7.36. The maximum Gasteiger partial charge on any atom is 0.0362 e. The van der Waals surface area contributed by atoms with Crippen LogP contribution in [0.25, 0.3) is 95.3 Å². The van der Waals surface area contributed by atoms with Crippen molar-refractivity contribution in [3.63, 3.8) is 0 Å². The minimum Gasteiger partial charge on any atom is -0.135 e. The van der Waals surface area contributed by atoms with Crippen LogP contribution in [0, 0.1) is 0 Å². The smallest absolute Gasteiger partial charge is 0.0362 e. The maximum absolute atomic E-state index is 2.43. The van der Waals surface area contributed by atoms with Crippen LogP contribution in [0.1, 0.15) is 0 Å². The molecule has 0 saturated heterocycles. The van der Waals surface area contributed by atoms with Gasteiger partial charge in [-0.2, -0.15) is 0 Å². The van der Waals surface area contributed by atoms with Crippen molar-refractivity contribution in [1.29, 1.82) is 0 Å². The molecule has 0 aliphatic heterocycles. The van der Waals surface area contributed by atoms with Gasteiger partial charge in [0.2, 0.25) is 0 Å². The highest BCUT2D eigenvalue weighted by atomic mass is 32.1. The average Bonchev–Trinajstić information content (AvgIpc) is 3.66. The number of rotatable bonds is 3. The monoisotopic (exact) mass is 618 g/mol. The fourth-order valence-corrected chi connectivity index (χ4v) is 9.65. The summed E-state index contributed by atoms with van der Waals surface area (Å²) < 4.78 is 5.41. The van der Waals surface area contributed by atoms with E-state index in [0.29, 0.717) is 0 Å². The van der Waals surface area contributed by atoms with E-state index in [2.05, 4.69) is 158 Å². The van der Waals surface area contributed by atoms with Crippen molar-refractivity contribution < 1.29 is 0 Å². The largest absolute Gasteiger partial charge is 0.135 e. The van der Waals surface area contributed by atoms with Gasteiger partial charge in [0.15, 0.2) is 0 Å². The zero-order valence-electron chi connectivity index (χ0n) is 24.8. The van der Waals surface area contributed by atoms with E-state index >= 15 is 0 Å². The Bertz CT molecular complexity index is 2720. The van der Waals surface area contributed by atoms with Gasteiger partial charge in [0.05, 0.1) is 0 Å². The fraction of sp³-hybridized carbons (Fsp3) is 0. The third-order valence-corrected chi connectivity index (χ3v) is 11.7. The molecule has 0 nitrogen and oxygen atoms in total. The second-order valence-electron chi connectivity index (χ2n) is 12.0. The molecule has 10 aromatic rings. The lowest BCUT2D eigenvalue weighted by Crippen LogP contribution is -1.90. The summed E-state index contributed by atoms with van der Waals surface area (Å²) in [6, 6.07) is 58.3. The van der Waals surface area contributed by atoms with E-state index in [0.717, 1.165) is 0 Å². The second kappa shape index (κ2) is 10.1. The van der Waals surface area contributed by atoms with Crippen LogP contribution in [0.4, 0.5) is 0 Å². The molecule has 0 N–H and O–H groups in total. The summed E-state index contributed by atoms with van der Waals surface area (Å²) in [6.45, 7) is 0. The Morgan fingerprint density at radius 1 is 0.239 bits per heavy atom. The van der Waals surface area contributed by atoms with Crippen LogP contribution < -0.4 is 0 Å². The number of benzene rings is 8. The Morgan fingerprint density at radius 2 is 0.652 bits per heavy atom. The van der Waals surface area contributed by atoms with Crippen molar-refractivity contribution in [2.75, 3.05) is 0 Å². The van der Waals surface area contributed by atoms with E-state index in [1.54, 1.807) is 0 Å². The van der Waals surface area contributed by atoms with E-state index in [1.165, 1.54) is 95.3 Å². The molecule has 214 valence electrons. The summed E-state index contributed by atoms with van der Waals surface area (Å²) in [4.78, 5) is 0. The van der Waals surface area contributed by atoms with Crippen LogP contribution in [0.5, 0.6) is 0 Å². The van der Waals surface area contributed by atoms with Gasteiger partial charge in [-0.25, -0.2) is 0 Å². The lowest BCUT2D eigenvalue weighted by atomic mass is 9.85. The van der Waals surface area contributed by atoms with Crippen LogP contribution in [0.2, 0.25) is 0 Å². The first kappa shape index (κ1) is 26.0. The standard InChI is InChI=1S/C44H26S2/c1-2-10-27(11-3-1)28-18-20-29(21-19-28)43-33-13-4-6-15-35(33)44(36-16-7-5-14-34(36)43)30-22-23-32-38-26-41-37(25-42(38)46-40(32)24-30)31-12-8-9-17-39(31)45-41/h1-26H. The van der Waals surface area contributed by atoms with Crippen LogP contribution in [-0.2, 0) is 0 Å². The summed E-state index contributed by atoms with van der Waals surface area (Å²) in [5.41, 5.74) is 7.59. The lowest BCUT2D eigenvalue weighted by molar-refractivity contribution is 1.61. The average molecular weight is 619 g/mol. The van der Waals surface area contributed by atoms with Gasteiger partial charge in [-0.05, 0) is 79.2 Å². The highest BCUT2D eigenvalue weighted by molar-refractivity contribution is 7.27. The summed E-state index contributed by atoms with van der Waals surface area (Å²) in [5, 5.41) is 10.6. The first-order chi connectivity index (χ1) is 22.8. The predicted molar refractivity (Wildman–Crippen MR) is 204 cm³/mol. The zero-order chi connectivity index (χ0) is 30.2. The number of thiophene rings is 2. The molecule has 0 spiro atoms. The molecule has 0 amide bonds. The highest BCUT2D eigenvalue weighted by Gasteiger charge is 2.18. The Morgan fingerprint density at radius 3 is 1.28 bits per heavy atom. The molecular formula is C44H26S2. The molecule has 0 atom stereocenters. The normalized spacial score (nSPS) is 11.9. The van der Waals surface area contributed by atoms with Gasteiger partial charge in [0.1, 0.15) is 0 Å². The first-order valence-electron chi connectivity index (χ1n) is 15.7. The zero-order valence-corrected chi connectivity index (χ0v) is 26.5. The quantitative estimate of drug-likeness (QED) is 0.173. The molecule has 0 radical (unpaired) electrons. The van der Waals surface area contributed by atoms with Crippen molar-refractivity contribution in [1.82, 2.24) is 0 Å². The number of hydrogen-bond donors (Lipinski definition) is 0. The predicted octanol–water partition coefficient (Wildman–Crippen LogP) is 13.7. The Hall–Kier alpha value is -5.28. The van der Waals surface area contributed by atoms with E-state index < -0.39 is 0 Å². The van der Waals surface area contributed by atoms with Gasteiger partial charge < -0.3 is 0 Å². The SMILES string of the molecule is c1ccc(-c2ccc(-c3c4ccccc4c(-c4ccc5c(c4)sc4cc6c(cc45)sc4ccccc46)c4ccccc34)cc2)cc1. The Kier molecular flexibility index (Phi) is 5.72. The van der Waals surface area contributed by atoms with E-state index in [1.807, 2.05) is 22.7 Å². The van der Waals surface area contributed by atoms with Crippen molar-refractivity contribution in [3.8, 4) is 33.4 Å². The van der Waals surface area contributed by atoms with Gasteiger partial charge in [0.25, 0.3) is 0 Å². The minimum absolute atomic E-state index is 1.24. The number of fused-ring (bicyclic) bond motifs is 8. The second-order valence-corrected chi connectivity index (χ2v) is 14.2. The van der Waals surface area contributed by atoms with E-state index in [-0.39, 0.29) is 0 Å². The molecule has 10 rings (SSSR count).